The van der Waals surface area contributed by atoms with Crippen molar-refractivity contribution in [1.82, 2.24) is 5.32 Å². The summed E-state index contributed by atoms with van der Waals surface area (Å²) in [6.07, 6.45) is 4.12. The third-order valence-corrected chi connectivity index (χ3v) is 3.99. The van der Waals surface area contributed by atoms with Gasteiger partial charge in [0.05, 0.1) is 0 Å². The van der Waals surface area contributed by atoms with Crippen LogP contribution in [-0.4, -0.2) is 6.54 Å². The smallest absolute Gasteiger partial charge is 0.0461 e. The molecule has 0 radical (unpaired) electrons. The highest BCUT2D eigenvalue weighted by Crippen LogP contribution is 2.30. The first-order chi connectivity index (χ1) is 6.79. The van der Waals surface area contributed by atoms with Gasteiger partial charge in [0.15, 0.2) is 0 Å². The zero-order valence-corrected chi connectivity index (χ0v) is 10.8. The molecular formula is C11H16BrNS. The van der Waals surface area contributed by atoms with Crippen molar-refractivity contribution in [1.29, 1.82) is 0 Å². The Morgan fingerprint density at radius 3 is 3.00 bits per heavy atom. The van der Waals surface area contributed by atoms with Gasteiger partial charge in [-0.05, 0) is 46.8 Å². The molecule has 3 heteroatoms. The van der Waals surface area contributed by atoms with Crippen LogP contribution in [0.25, 0.3) is 0 Å². The van der Waals surface area contributed by atoms with E-state index < -0.39 is 0 Å². The van der Waals surface area contributed by atoms with Gasteiger partial charge in [0.25, 0.3) is 0 Å². The van der Waals surface area contributed by atoms with Crippen LogP contribution in [0.15, 0.2) is 28.6 Å². The summed E-state index contributed by atoms with van der Waals surface area (Å²) in [5, 5.41) is 5.64. The molecule has 0 aliphatic carbocycles. The molecule has 14 heavy (non-hydrogen) atoms. The number of halogens is 1. The lowest BCUT2D eigenvalue weighted by Crippen LogP contribution is -2.21. The molecule has 1 unspecified atom stereocenters. The fourth-order valence-corrected chi connectivity index (χ4v) is 3.06. The predicted molar refractivity (Wildman–Crippen MR) is 67.9 cm³/mol. The van der Waals surface area contributed by atoms with E-state index in [4.69, 9.17) is 0 Å². The summed E-state index contributed by atoms with van der Waals surface area (Å²) in [4.78, 5) is 1.37. The number of rotatable bonds is 6. The maximum absolute atomic E-state index is 3.80. The van der Waals surface area contributed by atoms with Crippen LogP contribution < -0.4 is 5.32 Å². The zero-order chi connectivity index (χ0) is 10.4. The molecule has 78 valence electrons. The molecule has 1 heterocycles. The fourth-order valence-electron chi connectivity index (χ4n) is 1.32. The largest absolute Gasteiger partial charge is 0.309 e. The topological polar surface area (TPSA) is 12.0 Å². The number of hydrogen-bond donors (Lipinski definition) is 1. The van der Waals surface area contributed by atoms with E-state index in [0.29, 0.717) is 6.04 Å². The lowest BCUT2D eigenvalue weighted by Gasteiger charge is -2.15. The van der Waals surface area contributed by atoms with Crippen molar-refractivity contribution < 1.29 is 0 Å². The van der Waals surface area contributed by atoms with Crippen molar-refractivity contribution in [3.8, 4) is 0 Å². The molecule has 0 saturated heterocycles. The fraction of sp³-hybridized carbons (Fsp3) is 0.455. The summed E-state index contributed by atoms with van der Waals surface area (Å²) in [7, 11) is 0. The van der Waals surface area contributed by atoms with Crippen molar-refractivity contribution in [2.24, 2.45) is 0 Å². The summed E-state index contributed by atoms with van der Waals surface area (Å²) in [5.74, 6) is 0. The van der Waals surface area contributed by atoms with Gasteiger partial charge in [0.1, 0.15) is 0 Å². The average molecular weight is 274 g/mol. The standard InChI is InChI=1S/C11H16BrNS/c1-3-5-10(13-7-4-2)11-9(12)6-8-14-11/h3,6,8,10,13H,1,4-5,7H2,2H3. The summed E-state index contributed by atoms with van der Waals surface area (Å²) in [6.45, 7) is 7.04. The molecule has 1 aromatic rings. The highest BCUT2D eigenvalue weighted by molar-refractivity contribution is 9.10. The summed E-state index contributed by atoms with van der Waals surface area (Å²) in [6, 6.07) is 2.52. The van der Waals surface area contributed by atoms with E-state index >= 15 is 0 Å². The molecule has 0 aromatic carbocycles. The Morgan fingerprint density at radius 1 is 1.71 bits per heavy atom. The monoisotopic (exact) mass is 273 g/mol. The average Bonchev–Trinajstić information content (AvgIpc) is 2.59. The first kappa shape index (κ1) is 12.0. The van der Waals surface area contributed by atoms with E-state index in [1.165, 1.54) is 9.35 Å². The van der Waals surface area contributed by atoms with Gasteiger partial charge in [-0.3, -0.25) is 0 Å². The molecule has 1 N–H and O–H groups in total. The van der Waals surface area contributed by atoms with Crippen LogP contribution in [0.5, 0.6) is 0 Å². The second-order valence-corrected chi connectivity index (χ2v) is 4.97. The van der Waals surface area contributed by atoms with Crippen LogP contribution in [0.3, 0.4) is 0 Å². The SMILES string of the molecule is C=CCC(NCCC)c1sccc1Br. The number of hydrogen-bond acceptors (Lipinski definition) is 2. The van der Waals surface area contributed by atoms with Crippen molar-refractivity contribution >= 4 is 27.3 Å². The normalized spacial score (nSPS) is 12.7. The first-order valence-corrected chi connectivity index (χ1v) is 6.54. The van der Waals surface area contributed by atoms with Gasteiger partial charge in [-0.25, -0.2) is 0 Å². The molecule has 1 atom stereocenters. The molecule has 0 aliphatic rings. The van der Waals surface area contributed by atoms with Gasteiger partial charge >= 0.3 is 0 Å². The number of thiophene rings is 1. The van der Waals surface area contributed by atoms with Crippen LogP contribution in [0.2, 0.25) is 0 Å². The minimum Gasteiger partial charge on any atom is -0.309 e. The number of nitrogens with one attached hydrogen (secondary N) is 1. The van der Waals surface area contributed by atoms with Crippen LogP contribution >= 0.6 is 27.3 Å². The molecule has 1 nitrogen and oxygen atoms in total. The molecule has 0 saturated carbocycles. The van der Waals surface area contributed by atoms with E-state index in [9.17, 15) is 0 Å². The maximum atomic E-state index is 3.80. The molecule has 0 fully saturated rings. The van der Waals surface area contributed by atoms with E-state index in [1.807, 2.05) is 6.08 Å². The Kier molecular flexibility index (Phi) is 5.45. The molecular weight excluding hydrogens is 258 g/mol. The van der Waals surface area contributed by atoms with Gasteiger partial charge in [-0.2, -0.15) is 0 Å². The van der Waals surface area contributed by atoms with Crippen molar-refractivity contribution in [3.05, 3.63) is 33.5 Å². The van der Waals surface area contributed by atoms with Gasteiger partial charge < -0.3 is 5.32 Å². The molecule has 0 amide bonds. The van der Waals surface area contributed by atoms with Gasteiger partial charge in [0, 0.05) is 15.4 Å². The second kappa shape index (κ2) is 6.38. The Balaban J connectivity index is 2.66. The minimum atomic E-state index is 0.418. The lowest BCUT2D eigenvalue weighted by atomic mass is 10.1. The van der Waals surface area contributed by atoms with Gasteiger partial charge in [0.2, 0.25) is 0 Å². The van der Waals surface area contributed by atoms with Crippen molar-refractivity contribution in [2.45, 2.75) is 25.8 Å². The molecule has 0 bridgehead atoms. The van der Waals surface area contributed by atoms with Crippen LogP contribution in [-0.2, 0) is 0 Å². The third-order valence-electron chi connectivity index (χ3n) is 2.00. The Labute approximate surface area is 98.4 Å². The highest BCUT2D eigenvalue weighted by Gasteiger charge is 2.13. The zero-order valence-electron chi connectivity index (χ0n) is 8.42. The third kappa shape index (κ3) is 3.23. The molecule has 1 aromatic heterocycles. The van der Waals surface area contributed by atoms with Crippen molar-refractivity contribution in [3.63, 3.8) is 0 Å². The summed E-state index contributed by atoms with van der Waals surface area (Å²) in [5.41, 5.74) is 0. The van der Waals surface area contributed by atoms with Crippen LogP contribution in [0, 0.1) is 0 Å². The highest BCUT2D eigenvalue weighted by atomic mass is 79.9. The van der Waals surface area contributed by atoms with E-state index in [0.717, 1.165) is 19.4 Å². The molecule has 0 spiro atoms. The predicted octanol–water partition coefficient (Wildman–Crippen LogP) is 4.13. The second-order valence-electron chi connectivity index (χ2n) is 3.16. The maximum Gasteiger partial charge on any atom is 0.0461 e. The summed E-state index contributed by atoms with van der Waals surface area (Å²) < 4.78 is 1.21. The Bertz CT molecular complexity index is 283. The first-order valence-electron chi connectivity index (χ1n) is 4.86. The minimum absolute atomic E-state index is 0.418. The van der Waals surface area contributed by atoms with Gasteiger partial charge in [-0.15, -0.1) is 17.9 Å². The van der Waals surface area contributed by atoms with E-state index in [-0.39, 0.29) is 0 Å². The molecule has 1 rings (SSSR count). The van der Waals surface area contributed by atoms with E-state index in [2.05, 4.69) is 46.2 Å². The van der Waals surface area contributed by atoms with E-state index in [1.54, 1.807) is 11.3 Å². The lowest BCUT2D eigenvalue weighted by molar-refractivity contribution is 0.543. The Hall–Kier alpha value is -0.120. The van der Waals surface area contributed by atoms with Crippen LogP contribution in [0.1, 0.15) is 30.7 Å². The van der Waals surface area contributed by atoms with Crippen LogP contribution in [0.4, 0.5) is 0 Å². The van der Waals surface area contributed by atoms with Gasteiger partial charge in [-0.1, -0.05) is 13.0 Å². The molecule has 0 aliphatic heterocycles. The summed E-state index contributed by atoms with van der Waals surface area (Å²) >= 11 is 5.36. The van der Waals surface area contributed by atoms with Crippen molar-refractivity contribution in [2.75, 3.05) is 6.54 Å². The quantitative estimate of drug-likeness (QED) is 0.769. The Morgan fingerprint density at radius 2 is 2.50 bits per heavy atom.